The topological polar surface area (TPSA) is 148 Å². The number of carbonyl (C=O) groups excluding carboxylic acids is 1. The Bertz CT molecular complexity index is 1820. The van der Waals surface area contributed by atoms with Crippen LogP contribution in [0, 0.1) is 11.8 Å². The number of hydrogen-bond donors (Lipinski definition) is 4. The number of benzene rings is 2. The number of nitrogens with one attached hydrogen (secondary N) is 4. The number of aromatic nitrogens is 1. The predicted octanol–water partition coefficient (Wildman–Crippen LogP) is 3.08. The van der Waals surface area contributed by atoms with E-state index in [1.54, 1.807) is 24.3 Å². The first-order valence-corrected chi connectivity index (χ1v) is 17.3. The van der Waals surface area contributed by atoms with Crippen LogP contribution < -0.4 is 25.4 Å². The number of nitrogens with zero attached hydrogens (tertiary/aromatic N) is 1. The lowest BCUT2D eigenvalue weighted by Crippen LogP contribution is -2.33. The van der Waals surface area contributed by atoms with Gasteiger partial charge < -0.3 is 25.3 Å². The van der Waals surface area contributed by atoms with E-state index in [-0.39, 0.29) is 59.4 Å². The molecule has 11 nitrogen and oxygen atoms in total. The number of carbonyl (C=O) groups is 1. The molecule has 0 bridgehead atoms. The molecule has 0 saturated carbocycles. The van der Waals surface area contributed by atoms with Gasteiger partial charge in [0.15, 0.2) is 0 Å². The molecule has 45 heavy (non-hydrogen) atoms. The standard InChI is InChI=1S/C29H34F3N5O6S2/c1-20(38)33-13-14-35-45(41,42)23-8-9-26(28(18-23)43-2)34-12-4-5-22-17-24-25(36-21-10-15-44(39,40)16-11-21)6-3-7-27(24)37(22)19-29(30,31)32/h3,6-9,17-18,21,34-36H,10-16,19H2,1-2H3,(H,33,38). The number of alkyl halides is 3. The van der Waals surface area contributed by atoms with Crippen LogP contribution in [0.25, 0.3) is 10.9 Å². The molecule has 244 valence electrons. The van der Waals surface area contributed by atoms with Crippen molar-refractivity contribution < 1.29 is 39.5 Å². The van der Waals surface area contributed by atoms with Gasteiger partial charge in [0.2, 0.25) is 15.9 Å². The lowest BCUT2D eigenvalue weighted by molar-refractivity contribution is -0.140. The van der Waals surface area contributed by atoms with Gasteiger partial charge in [0.25, 0.3) is 0 Å². The van der Waals surface area contributed by atoms with E-state index < -0.39 is 32.6 Å². The molecule has 4 N–H and O–H groups in total. The van der Waals surface area contributed by atoms with Crippen molar-refractivity contribution in [2.75, 3.05) is 48.9 Å². The number of amides is 1. The van der Waals surface area contributed by atoms with Gasteiger partial charge in [-0.25, -0.2) is 21.6 Å². The summed E-state index contributed by atoms with van der Waals surface area (Å²) in [7, 11) is -5.59. The third-order valence-corrected chi connectivity index (χ3v) is 10.2. The molecule has 16 heteroatoms. The number of sulfonamides is 1. The van der Waals surface area contributed by atoms with Gasteiger partial charge in [0.05, 0.1) is 47.0 Å². The predicted molar refractivity (Wildman–Crippen MR) is 166 cm³/mol. The van der Waals surface area contributed by atoms with Gasteiger partial charge in [-0.2, -0.15) is 13.2 Å². The summed E-state index contributed by atoms with van der Waals surface area (Å²) in [4.78, 5) is 10.9. The van der Waals surface area contributed by atoms with E-state index in [1.807, 2.05) is 0 Å². The zero-order valence-electron chi connectivity index (χ0n) is 24.6. The number of anilines is 2. The Labute approximate surface area is 259 Å². The van der Waals surface area contributed by atoms with Crippen LogP contribution in [0.4, 0.5) is 24.5 Å². The fourth-order valence-corrected chi connectivity index (χ4v) is 7.42. The van der Waals surface area contributed by atoms with E-state index in [1.165, 1.54) is 32.2 Å². The largest absolute Gasteiger partial charge is 0.495 e. The molecular weight excluding hydrogens is 635 g/mol. The number of halogens is 3. The second-order valence-electron chi connectivity index (χ2n) is 10.4. The van der Waals surface area contributed by atoms with Crippen LogP contribution in [-0.2, 0) is 31.2 Å². The van der Waals surface area contributed by atoms with E-state index >= 15 is 0 Å². The number of hydrogen-bond acceptors (Lipinski definition) is 8. The van der Waals surface area contributed by atoms with Gasteiger partial charge in [-0.1, -0.05) is 12.0 Å². The van der Waals surface area contributed by atoms with E-state index in [0.717, 1.165) is 4.57 Å². The maximum Gasteiger partial charge on any atom is 0.406 e. The number of rotatable bonds is 11. The highest BCUT2D eigenvalue weighted by molar-refractivity contribution is 7.91. The van der Waals surface area contributed by atoms with Gasteiger partial charge in [0, 0.05) is 43.2 Å². The summed E-state index contributed by atoms with van der Waals surface area (Å²) in [6, 6.07) is 10.6. The zero-order chi connectivity index (χ0) is 32.8. The third kappa shape index (κ3) is 9.28. The van der Waals surface area contributed by atoms with E-state index in [2.05, 4.69) is 32.5 Å². The van der Waals surface area contributed by atoms with E-state index in [9.17, 15) is 34.8 Å². The van der Waals surface area contributed by atoms with Gasteiger partial charge >= 0.3 is 6.18 Å². The Morgan fingerprint density at radius 3 is 2.49 bits per heavy atom. The fourth-order valence-electron chi connectivity index (χ4n) is 4.88. The van der Waals surface area contributed by atoms with Gasteiger partial charge in [-0.3, -0.25) is 4.79 Å². The van der Waals surface area contributed by atoms with Crippen LogP contribution >= 0.6 is 0 Å². The van der Waals surface area contributed by atoms with Crippen LogP contribution in [0.5, 0.6) is 5.75 Å². The van der Waals surface area contributed by atoms with Crippen LogP contribution in [0.2, 0.25) is 0 Å². The minimum Gasteiger partial charge on any atom is -0.495 e. The number of methoxy groups -OCH3 is 1. The fraction of sp³-hybridized carbons (Fsp3) is 0.414. The van der Waals surface area contributed by atoms with E-state index in [4.69, 9.17) is 4.74 Å². The smallest absolute Gasteiger partial charge is 0.406 e. The Morgan fingerprint density at radius 1 is 1.09 bits per heavy atom. The summed E-state index contributed by atoms with van der Waals surface area (Å²) in [5.74, 6) is 5.68. The quantitative estimate of drug-likeness (QED) is 0.180. The molecule has 0 aliphatic carbocycles. The molecule has 1 aliphatic rings. The second kappa shape index (κ2) is 14.0. The van der Waals surface area contributed by atoms with Crippen molar-refractivity contribution in [3.63, 3.8) is 0 Å². The first-order valence-electron chi connectivity index (χ1n) is 14.0. The van der Waals surface area contributed by atoms with E-state index in [0.29, 0.717) is 35.1 Å². The SMILES string of the molecule is COc1cc(S(=O)(=O)NCCNC(C)=O)ccc1NCC#Cc1cc2c(NC3CCS(=O)(=O)CC3)cccc2n1CC(F)(F)F. The molecule has 1 fully saturated rings. The molecule has 2 aromatic carbocycles. The summed E-state index contributed by atoms with van der Waals surface area (Å²) >= 11 is 0. The summed E-state index contributed by atoms with van der Waals surface area (Å²) in [6.45, 7) is 0.195. The van der Waals surface area contributed by atoms with Crippen molar-refractivity contribution in [2.45, 2.75) is 43.4 Å². The minimum absolute atomic E-state index is 0.00657. The second-order valence-corrected chi connectivity index (χ2v) is 14.5. The van der Waals surface area contributed by atoms with Crippen molar-refractivity contribution in [1.29, 1.82) is 0 Å². The molecule has 1 aliphatic heterocycles. The number of sulfone groups is 1. The average molecular weight is 670 g/mol. The van der Waals surface area contributed by atoms with Crippen LogP contribution in [-0.4, -0.2) is 77.8 Å². The zero-order valence-corrected chi connectivity index (χ0v) is 26.3. The molecule has 1 saturated heterocycles. The molecular formula is C29H34F3N5O6S2. The summed E-state index contributed by atoms with van der Waals surface area (Å²) < 4.78 is 98.3. The maximum atomic E-state index is 13.6. The summed E-state index contributed by atoms with van der Waals surface area (Å²) in [5, 5.41) is 9.33. The third-order valence-electron chi connectivity index (χ3n) is 7.06. The Balaban J connectivity index is 1.51. The molecule has 0 spiro atoms. The minimum atomic E-state index is -4.50. The molecule has 0 unspecified atom stereocenters. The molecule has 0 atom stereocenters. The Hall–Kier alpha value is -3.94. The molecule has 0 radical (unpaired) electrons. The molecule has 3 aromatic rings. The molecule has 1 aromatic heterocycles. The van der Waals surface area contributed by atoms with Crippen molar-refractivity contribution in [3.8, 4) is 17.6 Å². The van der Waals surface area contributed by atoms with Crippen LogP contribution in [0.3, 0.4) is 0 Å². The molecule has 1 amide bonds. The first kappa shape index (κ1) is 33.9. The number of fused-ring (bicyclic) bond motifs is 1. The molecule has 4 rings (SSSR count). The highest BCUT2D eigenvalue weighted by atomic mass is 32.2. The van der Waals surface area contributed by atoms with Crippen molar-refractivity contribution in [2.24, 2.45) is 0 Å². The first-order chi connectivity index (χ1) is 21.2. The van der Waals surface area contributed by atoms with Gasteiger partial charge in [-0.15, -0.1) is 0 Å². The molecule has 2 heterocycles. The average Bonchev–Trinajstić information content (AvgIpc) is 3.31. The van der Waals surface area contributed by atoms with Crippen molar-refractivity contribution in [1.82, 2.24) is 14.6 Å². The lowest BCUT2D eigenvalue weighted by Gasteiger charge is -2.24. The number of ether oxygens (including phenoxy) is 1. The Morgan fingerprint density at radius 2 is 1.82 bits per heavy atom. The van der Waals surface area contributed by atoms with Gasteiger partial charge in [-0.05, 0) is 49.1 Å². The summed E-state index contributed by atoms with van der Waals surface area (Å²) in [6.07, 6.45) is -3.69. The maximum absolute atomic E-state index is 13.6. The van der Waals surface area contributed by atoms with Crippen LogP contribution in [0.15, 0.2) is 47.4 Å². The van der Waals surface area contributed by atoms with Crippen LogP contribution in [0.1, 0.15) is 25.5 Å². The highest BCUT2D eigenvalue weighted by Gasteiger charge is 2.30. The van der Waals surface area contributed by atoms with Gasteiger partial charge in [0.1, 0.15) is 22.1 Å². The Kier molecular flexibility index (Phi) is 10.6. The van der Waals surface area contributed by atoms with Crippen molar-refractivity contribution >= 4 is 48.0 Å². The lowest BCUT2D eigenvalue weighted by atomic mass is 10.1. The normalized spacial score (nSPS) is 15.2. The highest BCUT2D eigenvalue weighted by Crippen LogP contribution is 2.32. The van der Waals surface area contributed by atoms with Crippen molar-refractivity contribution in [3.05, 3.63) is 48.2 Å². The monoisotopic (exact) mass is 669 g/mol. The summed E-state index contributed by atoms with van der Waals surface area (Å²) in [5.41, 5.74) is 1.50.